The van der Waals surface area contributed by atoms with Gasteiger partial charge in [-0.1, -0.05) is 23.9 Å². The summed E-state index contributed by atoms with van der Waals surface area (Å²) in [5.74, 6) is -3.47. The Balaban J connectivity index is 2.46. The molecule has 0 saturated carbocycles. The molecular formula is C13H7F2NO4S. The van der Waals surface area contributed by atoms with E-state index in [1.54, 1.807) is 0 Å². The van der Waals surface area contributed by atoms with E-state index >= 15 is 0 Å². The minimum atomic E-state index is -1.24. The largest absolute Gasteiger partial charge is 0.478 e. The van der Waals surface area contributed by atoms with Gasteiger partial charge in [-0.25, -0.2) is 13.6 Å². The maximum Gasteiger partial charge on any atom is 0.336 e. The van der Waals surface area contributed by atoms with Crippen LogP contribution in [0.15, 0.2) is 46.2 Å². The van der Waals surface area contributed by atoms with Gasteiger partial charge in [-0.05, 0) is 12.1 Å². The fourth-order valence-corrected chi connectivity index (χ4v) is 2.54. The van der Waals surface area contributed by atoms with Crippen molar-refractivity contribution in [1.82, 2.24) is 0 Å². The van der Waals surface area contributed by atoms with E-state index in [-0.39, 0.29) is 10.5 Å². The van der Waals surface area contributed by atoms with Crippen LogP contribution in [0.5, 0.6) is 0 Å². The fourth-order valence-electron chi connectivity index (χ4n) is 1.59. The minimum absolute atomic E-state index is 0.111. The predicted molar refractivity (Wildman–Crippen MR) is 70.5 cm³/mol. The summed E-state index contributed by atoms with van der Waals surface area (Å²) in [5.41, 5.74) is -0.819. The first-order valence-electron chi connectivity index (χ1n) is 5.53. The molecule has 0 unspecified atom stereocenters. The first-order valence-corrected chi connectivity index (χ1v) is 6.35. The number of hydrogen-bond donors (Lipinski definition) is 1. The summed E-state index contributed by atoms with van der Waals surface area (Å²) in [7, 11) is 0. The van der Waals surface area contributed by atoms with Gasteiger partial charge in [-0.15, -0.1) is 0 Å². The highest BCUT2D eigenvalue weighted by atomic mass is 32.2. The first-order chi connectivity index (χ1) is 9.90. The Kier molecular flexibility index (Phi) is 4.18. The molecule has 0 fully saturated rings. The van der Waals surface area contributed by atoms with Crippen molar-refractivity contribution in [2.45, 2.75) is 9.79 Å². The molecule has 0 spiro atoms. The van der Waals surface area contributed by atoms with Gasteiger partial charge in [-0.3, -0.25) is 10.1 Å². The van der Waals surface area contributed by atoms with Gasteiger partial charge in [0.1, 0.15) is 11.6 Å². The zero-order valence-electron chi connectivity index (χ0n) is 10.2. The van der Waals surface area contributed by atoms with Crippen LogP contribution in [0.2, 0.25) is 0 Å². The molecule has 0 bridgehead atoms. The number of carbonyl (C=O) groups is 1. The van der Waals surface area contributed by atoms with Crippen LogP contribution in [-0.4, -0.2) is 16.0 Å². The molecule has 0 atom stereocenters. The Morgan fingerprint density at radius 2 is 1.76 bits per heavy atom. The molecule has 0 aliphatic heterocycles. The average Bonchev–Trinajstić information content (AvgIpc) is 2.42. The lowest BCUT2D eigenvalue weighted by Crippen LogP contribution is -1.99. The number of nitro groups is 1. The highest BCUT2D eigenvalue weighted by molar-refractivity contribution is 7.99. The summed E-state index contributed by atoms with van der Waals surface area (Å²) in [6.07, 6.45) is 0. The van der Waals surface area contributed by atoms with E-state index in [1.807, 2.05) is 0 Å². The molecule has 8 heteroatoms. The number of nitrogens with zero attached hydrogens (tertiary/aromatic N) is 1. The smallest absolute Gasteiger partial charge is 0.336 e. The van der Waals surface area contributed by atoms with Gasteiger partial charge in [0, 0.05) is 4.90 Å². The normalized spacial score (nSPS) is 10.4. The number of nitro benzene ring substituents is 1. The standard InChI is InChI=1S/C13H7F2NO4S/c14-9-5-7(16(19)20)6-10(15)12(9)21-11-4-2-1-3-8(11)13(17)18/h1-6H,(H,17,18). The van der Waals surface area contributed by atoms with Crippen LogP contribution < -0.4 is 0 Å². The highest BCUT2D eigenvalue weighted by Gasteiger charge is 2.20. The van der Waals surface area contributed by atoms with Crippen molar-refractivity contribution in [3.63, 3.8) is 0 Å². The Morgan fingerprint density at radius 1 is 1.19 bits per heavy atom. The molecule has 0 aromatic heterocycles. The molecule has 0 radical (unpaired) electrons. The molecule has 2 aromatic carbocycles. The average molecular weight is 311 g/mol. The van der Waals surface area contributed by atoms with Gasteiger partial charge >= 0.3 is 5.97 Å². The zero-order chi connectivity index (χ0) is 15.6. The van der Waals surface area contributed by atoms with E-state index in [2.05, 4.69) is 0 Å². The number of halogens is 2. The monoisotopic (exact) mass is 311 g/mol. The van der Waals surface area contributed by atoms with Crippen LogP contribution in [0.25, 0.3) is 0 Å². The van der Waals surface area contributed by atoms with Crippen LogP contribution in [0.4, 0.5) is 14.5 Å². The van der Waals surface area contributed by atoms with Crippen LogP contribution in [0, 0.1) is 21.7 Å². The minimum Gasteiger partial charge on any atom is -0.478 e. The van der Waals surface area contributed by atoms with Crippen LogP contribution in [-0.2, 0) is 0 Å². The third kappa shape index (κ3) is 3.16. The first kappa shape index (κ1) is 14.9. The van der Waals surface area contributed by atoms with E-state index in [1.165, 1.54) is 24.3 Å². The lowest BCUT2D eigenvalue weighted by Gasteiger charge is -2.07. The molecular weight excluding hydrogens is 304 g/mol. The highest BCUT2D eigenvalue weighted by Crippen LogP contribution is 2.35. The molecule has 108 valence electrons. The number of aromatic carboxylic acids is 1. The second kappa shape index (κ2) is 5.88. The number of carboxylic acid groups (broad SMARTS) is 1. The lowest BCUT2D eigenvalue weighted by molar-refractivity contribution is -0.385. The molecule has 0 saturated heterocycles. The molecule has 2 aromatic rings. The van der Waals surface area contributed by atoms with Gasteiger partial charge in [0.15, 0.2) is 0 Å². The third-order valence-electron chi connectivity index (χ3n) is 2.52. The van der Waals surface area contributed by atoms with Crippen molar-refractivity contribution < 1.29 is 23.6 Å². The van der Waals surface area contributed by atoms with E-state index in [0.29, 0.717) is 23.9 Å². The SMILES string of the molecule is O=C(O)c1ccccc1Sc1c(F)cc([N+](=O)[O-])cc1F. The van der Waals surface area contributed by atoms with Crippen molar-refractivity contribution >= 4 is 23.4 Å². The summed E-state index contributed by atoms with van der Waals surface area (Å²) in [4.78, 5) is 20.3. The van der Waals surface area contributed by atoms with Crippen molar-refractivity contribution in [2.24, 2.45) is 0 Å². The maximum atomic E-state index is 13.8. The van der Waals surface area contributed by atoms with Gasteiger partial charge in [0.25, 0.3) is 5.69 Å². The van der Waals surface area contributed by atoms with E-state index in [9.17, 15) is 23.7 Å². The van der Waals surface area contributed by atoms with E-state index in [4.69, 9.17) is 5.11 Å². The van der Waals surface area contributed by atoms with Gasteiger partial charge in [-0.2, -0.15) is 0 Å². The quantitative estimate of drug-likeness (QED) is 0.687. The maximum absolute atomic E-state index is 13.8. The molecule has 5 nitrogen and oxygen atoms in total. The van der Waals surface area contributed by atoms with Crippen molar-refractivity contribution in [3.05, 3.63) is 63.7 Å². The second-order valence-corrected chi connectivity index (χ2v) is 4.95. The Hall–Kier alpha value is -2.48. The van der Waals surface area contributed by atoms with Gasteiger partial charge < -0.3 is 5.11 Å². The summed E-state index contributed by atoms with van der Waals surface area (Å²) < 4.78 is 27.6. The molecule has 0 amide bonds. The second-order valence-electron chi connectivity index (χ2n) is 3.90. The Morgan fingerprint density at radius 3 is 2.29 bits per heavy atom. The number of benzene rings is 2. The van der Waals surface area contributed by atoms with Gasteiger partial charge in [0.2, 0.25) is 0 Å². The molecule has 2 rings (SSSR count). The predicted octanol–water partition coefficient (Wildman–Crippen LogP) is 3.72. The Bertz CT molecular complexity index is 713. The third-order valence-corrected chi connectivity index (χ3v) is 3.69. The molecule has 0 heterocycles. The number of non-ortho nitro benzene ring substituents is 1. The Labute approximate surface area is 121 Å². The molecule has 0 aliphatic rings. The number of rotatable bonds is 4. The summed E-state index contributed by atoms with van der Waals surface area (Å²) in [6.45, 7) is 0. The summed E-state index contributed by atoms with van der Waals surface area (Å²) in [5, 5.41) is 19.5. The fraction of sp³-hybridized carbons (Fsp3) is 0. The van der Waals surface area contributed by atoms with Crippen molar-refractivity contribution in [2.75, 3.05) is 0 Å². The van der Waals surface area contributed by atoms with Crippen LogP contribution in [0.1, 0.15) is 10.4 Å². The zero-order valence-corrected chi connectivity index (χ0v) is 11.1. The molecule has 0 aliphatic carbocycles. The lowest BCUT2D eigenvalue weighted by atomic mass is 10.2. The van der Waals surface area contributed by atoms with Crippen molar-refractivity contribution in [1.29, 1.82) is 0 Å². The van der Waals surface area contributed by atoms with Gasteiger partial charge in [0.05, 0.1) is 27.5 Å². The number of hydrogen-bond acceptors (Lipinski definition) is 4. The van der Waals surface area contributed by atoms with E-state index in [0.717, 1.165) is 0 Å². The van der Waals surface area contributed by atoms with Crippen molar-refractivity contribution in [3.8, 4) is 0 Å². The molecule has 1 N–H and O–H groups in total. The van der Waals surface area contributed by atoms with Crippen LogP contribution >= 0.6 is 11.8 Å². The molecule has 21 heavy (non-hydrogen) atoms. The summed E-state index contributed by atoms with van der Waals surface area (Å²) in [6, 6.07) is 6.88. The topological polar surface area (TPSA) is 80.4 Å². The summed E-state index contributed by atoms with van der Waals surface area (Å²) >= 11 is 0.563. The van der Waals surface area contributed by atoms with E-state index < -0.39 is 33.1 Å². The van der Waals surface area contributed by atoms with Crippen LogP contribution in [0.3, 0.4) is 0 Å². The number of carboxylic acids is 1.